The Morgan fingerprint density at radius 3 is 2.93 bits per heavy atom. The third kappa shape index (κ3) is 1.56. The van der Waals surface area contributed by atoms with E-state index in [1.165, 1.54) is 0 Å². The summed E-state index contributed by atoms with van der Waals surface area (Å²) in [5.41, 5.74) is 1.99. The van der Waals surface area contributed by atoms with Crippen LogP contribution in [0.3, 0.4) is 0 Å². The summed E-state index contributed by atoms with van der Waals surface area (Å²) in [5.74, 6) is 0. The molecule has 1 aromatic heterocycles. The number of tetrazole rings is 1. The van der Waals surface area contributed by atoms with E-state index in [9.17, 15) is 0 Å². The fourth-order valence-electron chi connectivity index (χ4n) is 1.29. The fourth-order valence-corrected chi connectivity index (χ4v) is 1.29. The molecular weight excluding hydrogens is 178 g/mol. The number of rotatable bonds is 3. The van der Waals surface area contributed by atoms with Gasteiger partial charge >= 0.3 is 0 Å². The van der Waals surface area contributed by atoms with Gasteiger partial charge in [-0.05, 0) is 29.5 Å². The van der Waals surface area contributed by atoms with Crippen LogP contribution in [0.25, 0.3) is 5.69 Å². The van der Waals surface area contributed by atoms with E-state index >= 15 is 0 Å². The van der Waals surface area contributed by atoms with Gasteiger partial charge in [0.2, 0.25) is 0 Å². The van der Waals surface area contributed by atoms with Crippen LogP contribution in [0.2, 0.25) is 0 Å². The number of para-hydroxylation sites is 2. The number of benzene rings is 1. The summed E-state index contributed by atoms with van der Waals surface area (Å²) in [4.78, 5) is 0. The predicted molar refractivity (Wildman–Crippen MR) is 53.3 cm³/mol. The average Bonchev–Trinajstić information content (AvgIpc) is 2.72. The van der Waals surface area contributed by atoms with Crippen molar-refractivity contribution in [1.82, 2.24) is 20.2 Å². The van der Waals surface area contributed by atoms with Crippen molar-refractivity contribution in [1.29, 1.82) is 0 Å². The first-order valence-corrected chi connectivity index (χ1v) is 4.48. The second-order valence-electron chi connectivity index (χ2n) is 2.80. The zero-order chi connectivity index (χ0) is 9.80. The Morgan fingerprint density at radius 2 is 2.21 bits per heavy atom. The topological polar surface area (TPSA) is 55.6 Å². The van der Waals surface area contributed by atoms with Crippen molar-refractivity contribution >= 4 is 5.69 Å². The van der Waals surface area contributed by atoms with Gasteiger partial charge in [0.15, 0.2) is 0 Å². The van der Waals surface area contributed by atoms with E-state index in [2.05, 4.69) is 27.8 Å². The van der Waals surface area contributed by atoms with Crippen molar-refractivity contribution in [2.45, 2.75) is 6.92 Å². The van der Waals surface area contributed by atoms with E-state index in [1.807, 2.05) is 24.3 Å². The Hall–Kier alpha value is -1.91. The van der Waals surface area contributed by atoms with E-state index in [4.69, 9.17) is 0 Å². The third-order valence-corrected chi connectivity index (χ3v) is 1.87. The maximum atomic E-state index is 3.84. The van der Waals surface area contributed by atoms with Gasteiger partial charge < -0.3 is 5.32 Å². The van der Waals surface area contributed by atoms with Gasteiger partial charge in [-0.3, -0.25) is 0 Å². The molecule has 0 fully saturated rings. The van der Waals surface area contributed by atoms with Crippen LogP contribution in [0.5, 0.6) is 0 Å². The molecule has 0 aliphatic heterocycles. The van der Waals surface area contributed by atoms with Crippen molar-refractivity contribution in [3.05, 3.63) is 30.6 Å². The predicted octanol–water partition coefficient (Wildman–Crippen LogP) is 1.09. The lowest BCUT2D eigenvalue weighted by atomic mass is 10.2. The van der Waals surface area contributed by atoms with E-state index in [0.29, 0.717) is 0 Å². The second-order valence-corrected chi connectivity index (χ2v) is 2.80. The molecule has 5 heteroatoms. The molecule has 1 N–H and O–H groups in total. The molecule has 14 heavy (non-hydrogen) atoms. The minimum absolute atomic E-state index is 0.874. The minimum atomic E-state index is 0.874. The number of aromatic nitrogens is 4. The molecule has 72 valence electrons. The molecule has 1 aromatic carbocycles. The molecule has 0 aliphatic carbocycles. The number of anilines is 1. The van der Waals surface area contributed by atoms with Crippen LogP contribution in [0.4, 0.5) is 5.69 Å². The first-order chi connectivity index (χ1) is 6.92. The SMILES string of the molecule is CCNc1ccccc1-n1cnnn1. The van der Waals surface area contributed by atoms with Crippen LogP contribution in [-0.2, 0) is 0 Å². The highest BCUT2D eigenvalue weighted by Gasteiger charge is 2.02. The van der Waals surface area contributed by atoms with E-state index in [0.717, 1.165) is 17.9 Å². The van der Waals surface area contributed by atoms with Gasteiger partial charge in [0.05, 0.1) is 11.4 Å². The molecule has 0 atom stereocenters. The van der Waals surface area contributed by atoms with E-state index in [-0.39, 0.29) is 0 Å². The second kappa shape index (κ2) is 3.87. The lowest BCUT2D eigenvalue weighted by molar-refractivity contribution is 0.789. The number of hydrogen-bond donors (Lipinski definition) is 1. The molecular formula is C9H11N5. The summed E-state index contributed by atoms with van der Waals surface area (Å²) in [6.45, 7) is 2.93. The lowest BCUT2D eigenvalue weighted by Crippen LogP contribution is -2.03. The van der Waals surface area contributed by atoms with Crippen LogP contribution < -0.4 is 5.32 Å². The highest BCUT2D eigenvalue weighted by Crippen LogP contribution is 2.17. The van der Waals surface area contributed by atoms with Crippen LogP contribution in [0.15, 0.2) is 30.6 Å². The molecule has 0 spiro atoms. The van der Waals surface area contributed by atoms with E-state index in [1.54, 1.807) is 11.0 Å². The monoisotopic (exact) mass is 189 g/mol. The molecule has 0 unspecified atom stereocenters. The van der Waals surface area contributed by atoms with Gasteiger partial charge in [0.25, 0.3) is 0 Å². The van der Waals surface area contributed by atoms with Crippen molar-refractivity contribution in [3.63, 3.8) is 0 Å². The Balaban J connectivity index is 2.42. The summed E-state index contributed by atoms with van der Waals surface area (Å²) in [6, 6.07) is 7.90. The van der Waals surface area contributed by atoms with Gasteiger partial charge in [0.1, 0.15) is 6.33 Å². The van der Waals surface area contributed by atoms with Crippen LogP contribution in [0, 0.1) is 0 Å². The molecule has 2 rings (SSSR count). The van der Waals surface area contributed by atoms with Crippen molar-refractivity contribution in [3.8, 4) is 5.69 Å². The maximum Gasteiger partial charge on any atom is 0.143 e. The molecule has 5 nitrogen and oxygen atoms in total. The Kier molecular flexibility index (Phi) is 2.40. The average molecular weight is 189 g/mol. The van der Waals surface area contributed by atoms with Crippen molar-refractivity contribution < 1.29 is 0 Å². The summed E-state index contributed by atoms with van der Waals surface area (Å²) >= 11 is 0. The van der Waals surface area contributed by atoms with Crippen LogP contribution >= 0.6 is 0 Å². The molecule has 1 heterocycles. The first-order valence-electron chi connectivity index (χ1n) is 4.48. The molecule has 2 aromatic rings. The van der Waals surface area contributed by atoms with Gasteiger partial charge in [-0.2, -0.15) is 4.68 Å². The fraction of sp³-hybridized carbons (Fsp3) is 0.222. The summed E-state index contributed by atoms with van der Waals surface area (Å²) in [7, 11) is 0. The highest BCUT2D eigenvalue weighted by atomic mass is 15.5. The molecule has 0 bridgehead atoms. The van der Waals surface area contributed by atoms with E-state index < -0.39 is 0 Å². The Labute approximate surface area is 81.8 Å². The van der Waals surface area contributed by atoms with Crippen LogP contribution in [-0.4, -0.2) is 26.8 Å². The smallest absolute Gasteiger partial charge is 0.143 e. The largest absolute Gasteiger partial charge is 0.384 e. The zero-order valence-electron chi connectivity index (χ0n) is 7.88. The molecule has 0 radical (unpaired) electrons. The van der Waals surface area contributed by atoms with Crippen LogP contribution in [0.1, 0.15) is 6.92 Å². The quantitative estimate of drug-likeness (QED) is 0.785. The van der Waals surface area contributed by atoms with Gasteiger partial charge in [-0.25, -0.2) is 0 Å². The Bertz CT molecular complexity index is 395. The number of nitrogens with one attached hydrogen (secondary N) is 1. The highest BCUT2D eigenvalue weighted by molar-refractivity contribution is 5.60. The maximum absolute atomic E-state index is 3.84. The number of hydrogen-bond acceptors (Lipinski definition) is 4. The lowest BCUT2D eigenvalue weighted by Gasteiger charge is -2.08. The molecule has 0 amide bonds. The molecule has 0 saturated carbocycles. The minimum Gasteiger partial charge on any atom is -0.384 e. The molecule has 0 saturated heterocycles. The normalized spacial score (nSPS) is 10.1. The van der Waals surface area contributed by atoms with Gasteiger partial charge in [-0.1, -0.05) is 12.1 Å². The first kappa shape index (κ1) is 8.68. The van der Waals surface area contributed by atoms with Gasteiger partial charge in [0, 0.05) is 6.54 Å². The standard InChI is InChI=1S/C9H11N5/c1-2-10-8-5-3-4-6-9(8)14-7-11-12-13-14/h3-7,10H,2H2,1H3. The third-order valence-electron chi connectivity index (χ3n) is 1.87. The van der Waals surface area contributed by atoms with Crippen molar-refractivity contribution in [2.75, 3.05) is 11.9 Å². The van der Waals surface area contributed by atoms with Crippen molar-refractivity contribution in [2.24, 2.45) is 0 Å². The zero-order valence-corrected chi connectivity index (χ0v) is 7.88. The van der Waals surface area contributed by atoms with Gasteiger partial charge in [-0.15, -0.1) is 5.10 Å². The molecule has 0 aliphatic rings. The summed E-state index contributed by atoms with van der Waals surface area (Å²) in [5, 5.41) is 14.3. The number of nitrogens with zero attached hydrogens (tertiary/aromatic N) is 4. The Morgan fingerprint density at radius 1 is 1.36 bits per heavy atom. The summed E-state index contributed by atoms with van der Waals surface area (Å²) < 4.78 is 1.64. The summed E-state index contributed by atoms with van der Waals surface area (Å²) in [6.07, 6.45) is 1.58.